The van der Waals surface area contributed by atoms with Gasteiger partial charge in [0, 0.05) is 0 Å². The van der Waals surface area contributed by atoms with E-state index < -0.39 is 45.3 Å². The molecule has 176 valence electrons. The smallest absolute Gasteiger partial charge is 0.338 e. The molecule has 33 heavy (non-hydrogen) atoms. The van der Waals surface area contributed by atoms with Crippen LogP contribution in [0.15, 0.2) is 53.4 Å². The number of hydrogen-bond donors (Lipinski definition) is 2. The second kappa shape index (κ2) is 9.55. The average molecular weight is 519 g/mol. The van der Waals surface area contributed by atoms with Gasteiger partial charge in [-0.1, -0.05) is 59.5 Å². The van der Waals surface area contributed by atoms with E-state index >= 15 is 0 Å². The van der Waals surface area contributed by atoms with Gasteiger partial charge in [-0.3, -0.25) is 10.1 Å². The standard InChI is InChI=1S/C22H19Cl2F3N2O3S/c1-2-21(10-11-21)29-20(30)18(13-33(31,32)15-8-9-16(23)17(24)12-15)28-19(22(25,26)27)14-6-4-3-5-7-14/h1,3-9,12,18-19,28H,10-11,13H2,(H,29,30)/t18-,19-/m0/s1. The summed E-state index contributed by atoms with van der Waals surface area (Å²) in [6, 6.07) is 6.27. The molecule has 2 aromatic rings. The van der Waals surface area contributed by atoms with E-state index in [1.807, 2.05) is 0 Å². The summed E-state index contributed by atoms with van der Waals surface area (Å²) in [7, 11) is -4.24. The van der Waals surface area contributed by atoms with E-state index in [0.29, 0.717) is 12.8 Å². The summed E-state index contributed by atoms with van der Waals surface area (Å²) in [5.41, 5.74) is -1.15. The molecule has 1 fully saturated rings. The lowest BCUT2D eigenvalue weighted by atomic mass is 10.1. The van der Waals surface area contributed by atoms with Crippen LogP contribution in [-0.4, -0.2) is 37.8 Å². The highest BCUT2D eigenvalue weighted by Gasteiger charge is 2.47. The van der Waals surface area contributed by atoms with Crippen molar-refractivity contribution in [1.82, 2.24) is 10.6 Å². The first-order valence-electron chi connectivity index (χ1n) is 9.72. The zero-order chi connectivity index (χ0) is 24.4. The van der Waals surface area contributed by atoms with Gasteiger partial charge in [-0.15, -0.1) is 6.42 Å². The minimum Gasteiger partial charge on any atom is -0.338 e. The fourth-order valence-corrected chi connectivity index (χ4v) is 4.98. The number of alkyl halides is 3. The molecule has 1 amide bonds. The van der Waals surface area contributed by atoms with Crippen LogP contribution in [0.5, 0.6) is 0 Å². The molecule has 0 aromatic heterocycles. The van der Waals surface area contributed by atoms with Gasteiger partial charge in [0.05, 0.1) is 20.7 Å². The van der Waals surface area contributed by atoms with Gasteiger partial charge in [0.15, 0.2) is 9.84 Å². The average Bonchev–Trinajstić information content (AvgIpc) is 3.52. The number of terminal acetylenes is 1. The van der Waals surface area contributed by atoms with E-state index in [1.165, 1.54) is 36.4 Å². The summed E-state index contributed by atoms with van der Waals surface area (Å²) in [6.45, 7) is 0. The predicted molar refractivity (Wildman–Crippen MR) is 120 cm³/mol. The Bertz CT molecular complexity index is 1180. The molecule has 1 aliphatic rings. The summed E-state index contributed by atoms with van der Waals surface area (Å²) in [4.78, 5) is 12.7. The summed E-state index contributed by atoms with van der Waals surface area (Å²) in [6.07, 6.45) is 1.50. The van der Waals surface area contributed by atoms with Crippen molar-refractivity contribution in [2.24, 2.45) is 0 Å². The molecule has 2 atom stereocenters. The fraction of sp³-hybridized carbons (Fsp3) is 0.318. The van der Waals surface area contributed by atoms with Crippen LogP contribution in [0.25, 0.3) is 0 Å². The number of halogens is 5. The second-order valence-electron chi connectivity index (χ2n) is 7.68. The molecule has 0 radical (unpaired) electrons. The van der Waals surface area contributed by atoms with Crippen molar-refractivity contribution in [3.05, 3.63) is 64.1 Å². The van der Waals surface area contributed by atoms with Crippen molar-refractivity contribution in [2.75, 3.05) is 5.75 Å². The first kappa shape index (κ1) is 25.4. The highest BCUT2D eigenvalue weighted by molar-refractivity contribution is 7.91. The molecule has 1 aliphatic carbocycles. The van der Waals surface area contributed by atoms with Crippen LogP contribution >= 0.6 is 23.2 Å². The normalized spacial score (nSPS) is 17.0. The molecule has 11 heteroatoms. The van der Waals surface area contributed by atoms with Gasteiger partial charge in [-0.2, -0.15) is 13.2 Å². The SMILES string of the molecule is C#CC1(NC(=O)[C@H](CS(=O)(=O)c2ccc(Cl)c(Cl)c2)N[C@@H](c2ccccc2)C(F)(F)F)CC1. The van der Waals surface area contributed by atoms with Crippen molar-refractivity contribution in [1.29, 1.82) is 0 Å². The third kappa shape index (κ3) is 6.21. The molecule has 3 rings (SSSR count). The quantitative estimate of drug-likeness (QED) is 0.510. The molecular weight excluding hydrogens is 500 g/mol. The van der Waals surface area contributed by atoms with Crippen LogP contribution in [-0.2, 0) is 14.6 Å². The Morgan fingerprint density at radius 1 is 1.12 bits per heavy atom. The van der Waals surface area contributed by atoms with E-state index in [1.54, 1.807) is 6.07 Å². The monoisotopic (exact) mass is 518 g/mol. The lowest BCUT2D eigenvalue weighted by Gasteiger charge is -2.28. The van der Waals surface area contributed by atoms with Gasteiger partial charge >= 0.3 is 6.18 Å². The lowest BCUT2D eigenvalue weighted by Crippen LogP contribution is -2.54. The molecule has 1 saturated carbocycles. The molecule has 5 nitrogen and oxygen atoms in total. The van der Waals surface area contributed by atoms with E-state index in [9.17, 15) is 26.4 Å². The predicted octanol–water partition coefficient (Wildman–Crippen LogP) is 4.31. The molecule has 0 heterocycles. The van der Waals surface area contributed by atoms with Crippen molar-refractivity contribution in [3.8, 4) is 12.3 Å². The van der Waals surface area contributed by atoms with Gasteiger partial charge in [-0.05, 0) is 36.6 Å². The summed E-state index contributed by atoms with van der Waals surface area (Å²) in [5, 5.41) is 4.75. The molecule has 0 aliphatic heterocycles. The largest absolute Gasteiger partial charge is 0.407 e. The van der Waals surface area contributed by atoms with Crippen molar-refractivity contribution >= 4 is 38.9 Å². The minimum atomic E-state index is -4.81. The lowest BCUT2D eigenvalue weighted by molar-refractivity contribution is -0.160. The van der Waals surface area contributed by atoms with Crippen molar-refractivity contribution in [3.63, 3.8) is 0 Å². The number of benzene rings is 2. The Labute approximate surface area is 199 Å². The highest BCUT2D eigenvalue weighted by Crippen LogP contribution is 2.36. The Kier molecular flexibility index (Phi) is 7.34. The third-order valence-electron chi connectivity index (χ3n) is 5.17. The topological polar surface area (TPSA) is 75.3 Å². The van der Waals surface area contributed by atoms with Crippen LogP contribution in [0, 0.1) is 12.3 Å². The Hall–Kier alpha value is -2.25. The van der Waals surface area contributed by atoms with Crippen LogP contribution in [0.3, 0.4) is 0 Å². The number of hydrogen-bond acceptors (Lipinski definition) is 4. The highest BCUT2D eigenvalue weighted by atomic mass is 35.5. The van der Waals surface area contributed by atoms with Gasteiger partial charge in [0.2, 0.25) is 5.91 Å². The number of amides is 1. The van der Waals surface area contributed by atoms with Crippen molar-refractivity contribution in [2.45, 2.75) is 41.5 Å². The maximum Gasteiger partial charge on any atom is 0.407 e. The zero-order valence-electron chi connectivity index (χ0n) is 17.0. The van der Waals surface area contributed by atoms with Crippen molar-refractivity contribution < 1.29 is 26.4 Å². The first-order valence-corrected chi connectivity index (χ1v) is 12.1. The van der Waals surface area contributed by atoms with Crippen LogP contribution in [0.1, 0.15) is 24.4 Å². The minimum absolute atomic E-state index is 0.0478. The number of sulfone groups is 1. The Morgan fingerprint density at radius 3 is 2.27 bits per heavy atom. The Balaban J connectivity index is 1.95. The molecule has 2 N–H and O–H groups in total. The summed E-state index contributed by atoms with van der Waals surface area (Å²) >= 11 is 11.7. The van der Waals surface area contributed by atoms with Gasteiger partial charge in [0.1, 0.15) is 17.6 Å². The number of carbonyl (C=O) groups excluding carboxylic acids is 1. The number of rotatable bonds is 8. The molecule has 0 spiro atoms. The van der Waals surface area contributed by atoms with Crippen LogP contribution in [0.2, 0.25) is 10.0 Å². The summed E-state index contributed by atoms with van der Waals surface area (Å²) in [5.74, 6) is 0.492. The van der Waals surface area contributed by atoms with E-state index in [2.05, 4.69) is 16.6 Å². The Morgan fingerprint density at radius 2 is 1.76 bits per heavy atom. The molecule has 2 aromatic carbocycles. The van der Waals surface area contributed by atoms with E-state index in [0.717, 1.165) is 6.07 Å². The van der Waals surface area contributed by atoms with Crippen LogP contribution in [0.4, 0.5) is 13.2 Å². The molecule has 0 bridgehead atoms. The number of carbonyl (C=O) groups is 1. The maximum absolute atomic E-state index is 13.9. The fourth-order valence-electron chi connectivity index (χ4n) is 3.17. The maximum atomic E-state index is 13.9. The molecular formula is C22H19Cl2F3N2O3S. The number of nitrogens with one attached hydrogen (secondary N) is 2. The zero-order valence-corrected chi connectivity index (χ0v) is 19.3. The van der Waals surface area contributed by atoms with E-state index in [4.69, 9.17) is 29.6 Å². The van der Waals surface area contributed by atoms with Gasteiger partial charge in [0.25, 0.3) is 0 Å². The van der Waals surface area contributed by atoms with Crippen LogP contribution < -0.4 is 10.6 Å². The third-order valence-corrected chi connectivity index (χ3v) is 7.65. The first-order chi connectivity index (χ1) is 15.4. The van der Waals surface area contributed by atoms with E-state index in [-0.39, 0.29) is 20.5 Å². The van der Waals surface area contributed by atoms with Gasteiger partial charge < -0.3 is 5.32 Å². The summed E-state index contributed by atoms with van der Waals surface area (Å²) < 4.78 is 67.6. The van der Waals surface area contributed by atoms with Gasteiger partial charge in [-0.25, -0.2) is 8.42 Å². The molecule has 0 saturated heterocycles. The second-order valence-corrected chi connectivity index (χ2v) is 10.5. The molecule has 0 unspecified atom stereocenters.